The van der Waals surface area contributed by atoms with E-state index in [2.05, 4.69) is 21.2 Å². The van der Waals surface area contributed by atoms with Gasteiger partial charge in [-0.05, 0) is 65.2 Å². The first kappa shape index (κ1) is 31.2. The number of ketones is 2. The van der Waals surface area contributed by atoms with Crippen LogP contribution in [0.1, 0.15) is 29.7 Å². The van der Waals surface area contributed by atoms with E-state index in [0.717, 1.165) is 4.47 Å². The summed E-state index contributed by atoms with van der Waals surface area (Å²) in [5, 5.41) is 2.81. The largest absolute Gasteiger partial charge is 0.493 e. The van der Waals surface area contributed by atoms with Crippen LogP contribution in [0.25, 0.3) is 12.2 Å². The van der Waals surface area contributed by atoms with Crippen molar-refractivity contribution in [2.75, 3.05) is 28.4 Å². The van der Waals surface area contributed by atoms with Gasteiger partial charge in [0.15, 0.2) is 34.6 Å². The van der Waals surface area contributed by atoms with Gasteiger partial charge in [0, 0.05) is 11.4 Å². The molecule has 3 rings (SSSR count). The molecule has 1 atom stereocenters. The van der Waals surface area contributed by atoms with E-state index in [1.165, 1.54) is 47.5 Å². The van der Waals surface area contributed by atoms with Crippen molar-refractivity contribution in [1.82, 2.24) is 5.32 Å². The number of carbonyl (C=O) groups excluding carboxylic acids is 3. The maximum Gasteiger partial charge on any atom is 0.217 e. The number of hydrogen-bond acceptors (Lipinski definition) is 7. The summed E-state index contributed by atoms with van der Waals surface area (Å²) in [6.45, 7) is 1.34. The minimum absolute atomic E-state index is 0.381. The van der Waals surface area contributed by atoms with Gasteiger partial charge in [0.1, 0.15) is 5.92 Å². The zero-order valence-corrected chi connectivity index (χ0v) is 25.1. The zero-order valence-electron chi connectivity index (χ0n) is 23.5. The molecule has 0 saturated heterocycles. The molecule has 0 bridgehead atoms. The highest BCUT2D eigenvalue weighted by Crippen LogP contribution is 2.31. The van der Waals surface area contributed by atoms with Crippen LogP contribution in [-0.2, 0) is 14.4 Å². The summed E-state index contributed by atoms with van der Waals surface area (Å²) in [6, 6.07) is 16.6. The Morgan fingerprint density at radius 3 is 1.61 bits per heavy atom. The number of hydrogen-bond donors (Lipinski definition) is 1. The second-order valence-electron chi connectivity index (χ2n) is 8.91. The van der Waals surface area contributed by atoms with Gasteiger partial charge in [-0.15, -0.1) is 0 Å². The van der Waals surface area contributed by atoms with Gasteiger partial charge in [-0.2, -0.15) is 0 Å². The number of rotatable bonds is 13. The highest BCUT2D eigenvalue weighted by Gasteiger charge is 2.34. The number of allylic oxidation sites excluding steroid dienone is 2. The molecule has 1 unspecified atom stereocenters. The topological polar surface area (TPSA) is 100 Å². The third-order valence-electron chi connectivity index (χ3n) is 6.21. The number of halogens is 1. The molecule has 3 aromatic rings. The van der Waals surface area contributed by atoms with E-state index in [1.807, 2.05) is 6.07 Å². The molecule has 1 amide bonds. The first-order valence-electron chi connectivity index (χ1n) is 12.6. The van der Waals surface area contributed by atoms with Gasteiger partial charge < -0.3 is 24.3 Å². The Labute approximate surface area is 248 Å². The van der Waals surface area contributed by atoms with Crippen LogP contribution in [0.4, 0.5) is 0 Å². The molecule has 0 fully saturated rings. The summed E-state index contributed by atoms with van der Waals surface area (Å²) >= 11 is 3.44. The SMILES string of the molecule is COc1ccc(/C=C/C(=O)C(C(=O)/C=C/c2ccc(OC)c(OC)c2)C(NC(C)=O)c2cccc(Br)c2)cc1OC. The first-order valence-corrected chi connectivity index (χ1v) is 13.4. The van der Waals surface area contributed by atoms with E-state index in [0.29, 0.717) is 39.7 Å². The lowest BCUT2D eigenvalue weighted by Crippen LogP contribution is -2.39. The van der Waals surface area contributed by atoms with E-state index < -0.39 is 23.5 Å². The van der Waals surface area contributed by atoms with E-state index >= 15 is 0 Å². The van der Waals surface area contributed by atoms with E-state index in [9.17, 15) is 14.4 Å². The van der Waals surface area contributed by atoms with Gasteiger partial charge in [-0.25, -0.2) is 0 Å². The summed E-state index contributed by atoms with van der Waals surface area (Å²) < 4.78 is 22.0. The van der Waals surface area contributed by atoms with Crippen LogP contribution >= 0.6 is 15.9 Å². The van der Waals surface area contributed by atoms with Crippen LogP contribution < -0.4 is 24.3 Å². The highest BCUT2D eigenvalue weighted by atomic mass is 79.9. The minimum Gasteiger partial charge on any atom is -0.493 e. The summed E-state index contributed by atoms with van der Waals surface area (Å²) in [4.78, 5) is 39.7. The molecule has 0 aliphatic rings. The molecule has 8 nitrogen and oxygen atoms in total. The fraction of sp³-hybridized carbons (Fsp3) is 0.219. The Kier molecular flexibility index (Phi) is 11.3. The lowest BCUT2D eigenvalue weighted by atomic mass is 9.85. The summed E-state index contributed by atoms with van der Waals surface area (Å²) in [5.74, 6) is -0.514. The number of ether oxygens (including phenoxy) is 4. The highest BCUT2D eigenvalue weighted by molar-refractivity contribution is 9.10. The molecule has 1 N–H and O–H groups in total. The molecule has 0 radical (unpaired) electrons. The predicted octanol–water partition coefficient (Wildman–Crippen LogP) is 5.84. The van der Waals surface area contributed by atoms with Crippen molar-refractivity contribution < 1.29 is 33.3 Å². The maximum absolute atomic E-state index is 13.7. The molecule has 0 aromatic heterocycles. The Hall–Kier alpha value is -4.37. The van der Waals surface area contributed by atoms with Crippen molar-refractivity contribution in [2.45, 2.75) is 13.0 Å². The van der Waals surface area contributed by atoms with Crippen LogP contribution in [0.2, 0.25) is 0 Å². The summed E-state index contributed by atoms with van der Waals surface area (Å²) in [7, 11) is 6.11. The number of carbonyl (C=O) groups is 3. The molecule has 0 saturated carbocycles. The van der Waals surface area contributed by atoms with Gasteiger partial charge in [-0.1, -0.05) is 52.3 Å². The number of nitrogens with one attached hydrogen (secondary N) is 1. The lowest BCUT2D eigenvalue weighted by Gasteiger charge is -2.25. The Balaban J connectivity index is 2.03. The van der Waals surface area contributed by atoms with Crippen LogP contribution in [0.3, 0.4) is 0 Å². The van der Waals surface area contributed by atoms with Gasteiger partial charge in [0.2, 0.25) is 5.91 Å². The molecule has 3 aromatic carbocycles. The molecule has 0 aliphatic carbocycles. The first-order chi connectivity index (χ1) is 19.7. The van der Waals surface area contributed by atoms with Crippen molar-refractivity contribution in [1.29, 1.82) is 0 Å². The quantitative estimate of drug-likeness (QED) is 0.189. The van der Waals surface area contributed by atoms with Crippen LogP contribution in [-0.4, -0.2) is 45.9 Å². The molecular formula is C32H32BrNO7. The van der Waals surface area contributed by atoms with Crippen LogP contribution in [0, 0.1) is 5.92 Å². The van der Waals surface area contributed by atoms with Crippen LogP contribution in [0.5, 0.6) is 23.0 Å². The van der Waals surface area contributed by atoms with E-state index in [4.69, 9.17) is 18.9 Å². The minimum atomic E-state index is -1.25. The van der Waals surface area contributed by atoms with Crippen molar-refractivity contribution in [2.24, 2.45) is 5.92 Å². The molecule has 214 valence electrons. The fourth-order valence-electron chi connectivity index (χ4n) is 4.22. The second-order valence-corrected chi connectivity index (χ2v) is 9.83. The standard InChI is InChI=1S/C32H32BrNO7/c1-20(35)34-32(23-7-6-8-24(33)19-23)31(25(36)13-9-21-11-15-27(38-2)29(17-21)40-4)26(37)14-10-22-12-16-28(39-3)30(18-22)41-5/h6-19,31-32H,1-5H3,(H,34,35)/b13-9+,14-10+. The monoisotopic (exact) mass is 621 g/mol. The Morgan fingerprint density at radius 1 is 0.707 bits per heavy atom. The molecule has 0 heterocycles. The van der Waals surface area contributed by atoms with Gasteiger partial charge in [-0.3, -0.25) is 14.4 Å². The third-order valence-corrected chi connectivity index (χ3v) is 6.70. The fourth-order valence-corrected chi connectivity index (χ4v) is 4.64. The van der Waals surface area contributed by atoms with E-state index in [1.54, 1.807) is 66.7 Å². The number of amides is 1. The molecule has 0 spiro atoms. The van der Waals surface area contributed by atoms with Gasteiger partial charge >= 0.3 is 0 Å². The summed E-state index contributed by atoms with van der Waals surface area (Å²) in [6.07, 6.45) is 5.85. The smallest absolute Gasteiger partial charge is 0.217 e. The number of benzene rings is 3. The van der Waals surface area contributed by atoms with Crippen molar-refractivity contribution in [3.8, 4) is 23.0 Å². The van der Waals surface area contributed by atoms with E-state index in [-0.39, 0.29) is 5.91 Å². The predicted molar refractivity (Wildman–Crippen MR) is 161 cm³/mol. The Bertz CT molecular complexity index is 1390. The average molecular weight is 623 g/mol. The second kappa shape index (κ2) is 14.9. The number of methoxy groups -OCH3 is 4. The van der Waals surface area contributed by atoms with Crippen molar-refractivity contribution in [3.05, 3.63) is 94.0 Å². The molecule has 0 aliphatic heterocycles. The van der Waals surface area contributed by atoms with Gasteiger partial charge in [0.25, 0.3) is 0 Å². The summed E-state index contributed by atoms with van der Waals surface area (Å²) in [5.41, 5.74) is 1.93. The van der Waals surface area contributed by atoms with Gasteiger partial charge in [0.05, 0.1) is 34.5 Å². The normalized spacial score (nSPS) is 11.9. The zero-order chi connectivity index (χ0) is 29.9. The lowest BCUT2D eigenvalue weighted by molar-refractivity contribution is -0.129. The average Bonchev–Trinajstić information content (AvgIpc) is 2.97. The third kappa shape index (κ3) is 8.31. The maximum atomic E-state index is 13.7. The van der Waals surface area contributed by atoms with Crippen molar-refractivity contribution >= 4 is 45.6 Å². The molecule has 9 heteroatoms. The van der Waals surface area contributed by atoms with Crippen LogP contribution in [0.15, 0.2) is 77.3 Å². The molecular weight excluding hydrogens is 590 g/mol. The molecule has 41 heavy (non-hydrogen) atoms. The van der Waals surface area contributed by atoms with Crippen molar-refractivity contribution in [3.63, 3.8) is 0 Å². The Morgan fingerprint density at radius 2 is 1.20 bits per heavy atom.